The Morgan fingerprint density at radius 3 is 2.85 bits per heavy atom. The summed E-state index contributed by atoms with van der Waals surface area (Å²) in [5.74, 6) is 0.612. The first kappa shape index (κ1) is 19.7. The summed E-state index contributed by atoms with van der Waals surface area (Å²) in [5, 5.41) is 16.7. The van der Waals surface area contributed by atoms with Gasteiger partial charge >= 0.3 is 0 Å². The van der Waals surface area contributed by atoms with E-state index in [-0.39, 0.29) is 24.8 Å². The topological polar surface area (TPSA) is 62.1 Å². The van der Waals surface area contributed by atoms with Crippen molar-refractivity contribution in [1.29, 1.82) is 0 Å². The molecular formula is C13H26Cl2N4O. The maximum Gasteiger partial charge on any atom is 0.0948 e. The van der Waals surface area contributed by atoms with Crippen LogP contribution in [0, 0.1) is 5.92 Å². The lowest BCUT2D eigenvalue weighted by Crippen LogP contribution is -2.42. The highest BCUT2D eigenvalue weighted by Crippen LogP contribution is 2.13. The minimum absolute atomic E-state index is 0. The normalized spacial score (nSPS) is 21.6. The van der Waals surface area contributed by atoms with Crippen molar-refractivity contribution in [2.24, 2.45) is 5.92 Å². The van der Waals surface area contributed by atoms with Gasteiger partial charge in [0.2, 0.25) is 0 Å². The third-order valence-electron chi connectivity index (χ3n) is 3.34. The zero-order valence-corrected chi connectivity index (χ0v) is 13.8. The second-order valence-corrected chi connectivity index (χ2v) is 5.69. The minimum Gasteiger partial charge on any atom is -0.387 e. The Morgan fingerprint density at radius 1 is 1.50 bits per heavy atom. The molecular weight excluding hydrogens is 299 g/mol. The van der Waals surface area contributed by atoms with Crippen LogP contribution in [0.25, 0.3) is 0 Å². The lowest BCUT2D eigenvalue weighted by Gasteiger charge is -2.22. The lowest BCUT2D eigenvalue weighted by atomic mass is 10.0. The van der Waals surface area contributed by atoms with Crippen molar-refractivity contribution in [2.45, 2.75) is 39.0 Å². The minimum atomic E-state index is -0.580. The Bertz CT molecular complexity index is 378. The van der Waals surface area contributed by atoms with Gasteiger partial charge in [-0.15, -0.1) is 24.8 Å². The number of aromatic nitrogens is 2. The highest BCUT2D eigenvalue weighted by molar-refractivity contribution is 5.85. The maximum absolute atomic E-state index is 10.2. The number of β-amino-alcohol motifs (C(OH)–C–C–N with tert-alkyl or cyclic N) is 1. The molecule has 0 aromatic carbocycles. The van der Waals surface area contributed by atoms with Gasteiger partial charge in [0, 0.05) is 32.4 Å². The van der Waals surface area contributed by atoms with Gasteiger partial charge < -0.3 is 20.3 Å². The number of imidazole rings is 1. The third-order valence-corrected chi connectivity index (χ3v) is 3.34. The molecule has 1 aliphatic heterocycles. The zero-order chi connectivity index (χ0) is 13.0. The van der Waals surface area contributed by atoms with E-state index in [0.29, 0.717) is 19.0 Å². The summed E-state index contributed by atoms with van der Waals surface area (Å²) >= 11 is 0. The van der Waals surface area contributed by atoms with Crippen molar-refractivity contribution in [3.63, 3.8) is 0 Å². The van der Waals surface area contributed by atoms with E-state index in [9.17, 15) is 5.11 Å². The van der Waals surface area contributed by atoms with E-state index in [0.717, 1.165) is 26.1 Å². The average molecular weight is 325 g/mol. The summed E-state index contributed by atoms with van der Waals surface area (Å²) in [6.07, 6.45) is 4.60. The number of hydrogen-bond donors (Lipinski definition) is 3. The van der Waals surface area contributed by atoms with Gasteiger partial charge in [-0.2, -0.15) is 0 Å². The zero-order valence-electron chi connectivity index (χ0n) is 12.1. The second kappa shape index (κ2) is 8.85. The van der Waals surface area contributed by atoms with Gasteiger partial charge in [-0.05, 0) is 18.9 Å². The first-order valence-electron chi connectivity index (χ1n) is 6.72. The molecule has 1 aromatic rings. The average Bonchev–Trinajstić information content (AvgIpc) is 2.89. The number of hydrogen-bond acceptors (Lipinski definition) is 4. The number of rotatable bonds is 6. The van der Waals surface area contributed by atoms with E-state index in [1.165, 1.54) is 5.69 Å². The molecule has 0 amide bonds. The Morgan fingerprint density at radius 2 is 2.25 bits per heavy atom. The molecule has 1 atom stereocenters. The molecule has 3 N–H and O–H groups in total. The van der Waals surface area contributed by atoms with Crippen LogP contribution in [-0.2, 0) is 13.1 Å². The smallest absolute Gasteiger partial charge is 0.0948 e. The molecule has 7 heteroatoms. The Kier molecular flexibility index (Phi) is 8.70. The fourth-order valence-electron chi connectivity index (χ4n) is 2.36. The Labute approximate surface area is 133 Å². The molecule has 1 unspecified atom stereocenters. The van der Waals surface area contributed by atoms with E-state index in [4.69, 9.17) is 0 Å². The van der Waals surface area contributed by atoms with Gasteiger partial charge in [-0.1, -0.05) is 13.8 Å². The molecule has 1 saturated heterocycles. The molecule has 118 valence electrons. The van der Waals surface area contributed by atoms with Crippen LogP contribution >= 0.6 is 24.8 Å². The summed E-state index contributed by atoms with van der Waals surface area (Å²) in [4.78, 5) is 4.19. The molecule has 1 aromatic heterocycles. The largest absolute Gasteiger partial charge is 0.387 e. The lowest BCUT2D eigenvalue weighted by molar-refractivity contribution is 0.0607. The van der Waals surface area contributed by atoms with E-state index in [2.05, 4.69) is 34.0 Å². The van der Waals surface area contributed by atoms with Crippen molar-refractivity contribution in [3.05, 3.63) is 18.2 Å². The molecule has 0 aliphatic carbocycles. The van der Waals surface area contributed by atoms with Crippen molar-refractivity contribution in [2.75, 3.05) is 19.6 Å². The fourth-order valence-corrected chi connectivity index (χ4v) is 2.36. The number of nitrogens with zero attached hydrogens (tertiary/aromatic N) is 2. The van der Waals surface area contributed by atoms with Crippen LogP contribution in [0.15, 0.2) is 12.5 Å². The molecule has 20 heavy (non-hydrogen) atoms. The summed E-state index contributed by atoms with van der Waals surface area (Å²) in [7, 11) is 0. The molecule has 5 nitrogen and oxygen atoms in total. The van der Waals surface area contributed by atoms with Gasteiger partial charge in [-0.3, -0.25) is 0 Å². The first-order chi connectivity index (χ1) is 8.59. The van der Waals surface area contributed by atoms with Crippen LogP contribution in [-0.4, -0.2) is 39.9 Å². The molecule has 2 heterocycles. The quantitative estimate of drug-likeness (QED) is 0.735. The van der Waals surface area contributed by atoms with Crippen LogP contribution < -0.4 is 10.6 Å². The molecule has 0 radical (unpaired) electrons. The molecule has 0 saturated carbocycles. The van der Waals surface area contributed by atoms with Crippen molar-refractivity contribution in [1.82, 2.24) is 20.2 Å². The van der Waals surface area contributed by atoms with Crippen LogP contribution in [0.3, 0.4) is 0 Å². The predicted octanol–water partition coefficient (Wildman–Crippen LogP) is 1.20. The predicted molar refractivity (Wildman–Crippen MR) is 85.7 cm³/mol. The van der Waals surface area contributed by atoms with Gasteiger partial charge in [0.15, 0.2) is 0 Å². The molecule has 2 rings (SSSR count). The summed E-state index contributed by atoms with van der Waals surface area (Å²) in [6, 6.07) is 0. The number of aliphatic hydroxyl groups is 1. The molecule has 1 aliphatic rings. The van der Waals surface area contributed by atoms with Crippen LogP contribution in [0.1, 0.15) is 26.0 Å². The first-order valence-corrected chi connectivity index (χ1v) is 6.72. The van der Waals surface area contributed by atoms with E-state index in [1.807, 2.05) is 12.5 Å². The monoisotopic (exact) mass is 324 g/mol. The van der Waals surface area contributed by atoms with Crippen molar-refractivity contribution >= 4 is 24.8 Å². The van der Waals surface area contributed by atoms with Gasteiger partial charge in [-0.25, -0.2) is 4.98 Å². The molecule has 1 fully saturated rings. The number of halogens is 2. The van der Waals surface area contributed by atoms with E-state index >= 15 is 0 Å². The Balaban J connectivity index is 0.00000180. The van der Waals surface area contributed by atoms with Gasteiger partial charge in [0.25, 0.3) is 0 Å². The van der Waals surface area contributed by atoms with Crippen LogP contribution in [0.4, 0.5) is 0 Å². The maximum atomic E-state index is 10.2. The third kappa shape index (κ3) is 5.58. The van der Waals surface area contributed by atoms with Crippen LogP contribution in [0.5, 0.6) is 0 Å². The van der Waals surface area contributed by atoms with Gasteiger partial charge in [0.1, 0.15) is 0 Å². The standard InChI is InChI=1S/C13H24N4O.2ClH/c1-11(2)7-17-10-16-6-12(17)5-15-9-13(18)3-4-14-8-13;;/h6,10-11,14-15,18H,3-5,7-9H2,1-2H3;2*1H. The fraction of sp³-hybridized carbons (Fsp3) is 0.769. The number of nitrogens with one attached hydrogen (secondary N) is 2. The molecule has 0 bridgehead atoms. The second-order valence-electron chi connectivity index (χ2n) is 5.69. The highest BCUT2D eigenvalue weighted by Gasteiger charge is 2.30. The SMILES string of the molecule is CC(C)Cn1cncc1CNCC1(O)CCNC1.Cl.Cl. The van der Waals surface area contributed by atoms with E-state index < -0.39 is 5.60 Å². The highest BCUT2D eigenvalue weighted by atomic mass is 35.5. The summed E-state index contributed by atoms with van der Waals surface area (Å²) < 4.78 is 2.18. The van der Waals surface area contributed by atoms with E-state index in [1.54, 1.807) is 0 Å². The summed E-state index contributed by atoms with van der Waals surface area (Å²) in [6.45, 7) is 8.37. The van der Waals surface area contributed by atoms with Crippen molar-refractivity contribution < 1.29 is 5.11 Å². The Hall–Kier alpha value is -0.330. The van der Waals surface area contributed by atoms with Crippen molar-refractivity contribution in [3.8, 4) is 0 Å². The van der Waals surface area contributed by atoms with Gasteiger partial charge in [0.05, 0.1) is 17.6 Å². The van der Waals surface area contributed by atoms with Crippen LogP contribution in [0.2, 0.25) is 0 Å². The molecule has 0 spiro atoms. The summed E-state index contributed by atoms with van der Waals surface area (Å²) in [5.41, 5.74) is 0.598.